The van der Waals surface area contributed by atoms with E-state index in [2.05, 4.69) is 23.9 Å². The van der Waals surface area contributed by atoms with Crippen LogP contribution in [0.15, 0.2) is 70.4 Å². The molecule has 0 aliphatic carbocycles. The number of rotatable bonds is 6. The Hall–Kier alpha value is -3.52. The molecular formula is C26H24FN5OS. The fourth-order valence-corrected chi connectivity index (χ4v) is 5.45. The van der Waals surface area contributed by atoms with E-state index >= 15 is 0 Å². The molecule has 3 aromatic rings. The highest BCUT2D eigenvalue weighted by atomic mass is 32.2. The molecule has 172 valence electrons. The van der Waals surface area contributed by atoms with Crippen LogP contribution in [0.3, 0.4) is 0 Å². The summed E-state index contributed by atoms with van der Waals surface area (Å²) in [5, 5.41) is 17.0. The molecule has 0 fully saturated rings. The minimum absolute atomic E-state index is 0.0226. The molecule has 2 aliphatic rings. The molecule has 8 heteroatoms. The number of carbonyl (C=O) groups excluding carboxylic acids is 1. The van der Waals surface area contributed by atoms with Crippen LogP contribution in [0.4, 0.5) is 4.39 Å². The summed E-state index contributed by atoms with van der Waals surface area (Å²) in [6.45, 7) is 4.57. The third-order valence-electron chi connectivity index (χ3n) is 6.22. The van der Waals surface area contributed by atoms with Gasteiger partial charge in [0.25, 0.3) is 5.91 Å². The number of halogens is 1. The van der Waals surface area contributed by atoms with Crippen LogP contribution in [0, 0.1) is 17.1 Å². The zero-order valence-electron chi connectivity index (χ0n) is 19.0. The first kappa shape index (κ1) is 22.3. The normalized spacial score (nSPS) is 17.1. The van der Waals surface area contributed by atoms with Gasteiger partial charge >= 0.3 is 0 Å². The van der Waals surface area contributed by atoms with Gasteiger partial charge in [-0.3, -0.25) is 10.2 Å². The van der Waals surface area contributed by atoms with Gasteiger partial charge in [0.1, 0.15) is 10.9 Å². The second-order valence-corrected chi connectivity index (χ2v) is 9.28. The summed E-state index contributed by atoms with van der Waals surface area (Å²) in [4.78, 5) is 17.1. The zero-order valence-corrected chi connectivity index (χ0v) is 19.8. The zero-order chi connectivity index (χ0) is 23.8. The largest absolute Gasteiger partial charge is 0.342 e. The minimum Gasteiger partial charge on any atom is -0.342 e. The molecular weight excluding hydrogens is 449 g/mol. The maximum Gasteiger partial charge on any atom is 0.283 e. The number of para-hydroxylation sites is 1. The maximum absolute atomic E-state index is 14.3. The third-order valence-corrected chi connectivity index (χ3v) is 7.29. The molecule has 2 aliphatic heterocycles. The van der Waals surface area contributed by atoms with Crippen molar-refractivity contribution >= 4 is 50.7 Å². The Morgan fingerprint density at radius 3 is 2.62 bits per heavy atom. The van der Waals surface area contributed by atoms with Crippen molar-refractivity contribution in [2.24, 2.45) is 16.0 Å². The molecule has 0 saturated heterocycles. The first-order chi connectivity index (χ1) is 16.5. The van der Waals surface area contributed by atoms with Gasteiger partial charge in [0.15, 0.2) is 5.84 Å². The number of thioether (sulfide) groups is 1. The molecule has 0 atom stereocenters. The maximum atomic E-state index is 14.3. The van der Waals surface area contributed by atoms with Crippen molar-refractivity contribution in [3.8, 4) is 0 Å². The molecule has 0 unspecified atom stereocenters. The van der Waals surface area contributed by atoms with Crippen LogP contribution in [-0.4, -0.2) is 31.5 Å². The van der Waals surface area contributed by atoms with Crippen LogP contribution in [-0.2, 0) is 11.3 Å². The molecule has 0 radical (unpaired) electrons. The monoisotopic (exact) mass is 473 g/mol. The van der Waals surface area contributed by atoms with Crippen molar-refractivity contribution in [2.75, 3.05) is 0 Å². The number of nitrogens with one attached hydrogen (secondary N) is 1. The Balaban J connectivity index is 1.53. The van der Waals surface area contributed by atoms with Crippen LogP contribution >= 0.6 is 11.8 Å². The van der Waals surface area contributed by atoms with Crippen LogP contribution in [0.25, 0.3) is 17.0 Å². The number of benzene rings is 2. The van der Waals surface area contributed by atoms with Crippen molar-refractivity contribution < 1.29 is 9.18 Å². The smallest absolute Gasteiger partial charge is 0.283 e. The summed E-state index contributed by atoms with van der Waals surface area (Å²) in [6.07, 6.45) is 5.46. The SMILES string of the molecule is CCC(CC)C1=NN2C(=N)/C(=C/c3cn(Cc4ccccc4F)c4ccccc34)C(=O)N=C2S1. The fourth-order valence-electron chi connectivity index (χ4n) is 4.30. The molecule has 6 nitrogen and oxygen atoms in total. The molecule has 5 rings (SSSR count). The van der Waals surface area contributed by atoms with Gasteiger partial charge in [0.2, 0.25) is 5.17 Å². The number of hydrogen-bond acceptors (Lipinski definition) is 4. The van der Waals surface area contributed by atoms with E-state index in [0.717, 1.165) is 34.4 Å². The van der Waals surface area contributed by atoms with Crippen LogP contribution in [0.1, 0.15) is 37.8 Å². The number of hydrogen-bond donors (Lipinski definition) is 1. The lowest BCUT2D eigenvalue weighted by atomic mass is 10.1. The van der Waals surface area contributed by atoms with E-state index in [1.54, 1.807) is 18.2 Å². The summed E-state index contributed by atoms with van der Waals surface area (Å²) < 4.78 is 16.2. The lowest BCUT2D eigenvalue weighted by Crippen LogP contribution is -2.35. The lowest BCUT2D eigenvalue weighted by molar-refractivity contribution is -0.114. The van der Waals surface area contributed by atoms with Crippen molar-refractivity contribution in [3.05, 3.63) is 77.2 Å². The van der Waals surface area contributed by atoms with E-state index < -0.39 is 5.91 Å². The van der Waals surface area contributed by atoms with E-state index in [1.807, 2.05) is 41.1 Å². The molecule has 1 N–H and O–H groups in total. The average Bonchev–Trinajstić information content (AvgIpc) is 3.41. The molecule has 0 bridgehead atoms. The topological polar surface area (TPSA) is 73.8 Å². The predicted octanol–water partition coefficient (Wildman–Crippen LogP) is 5.88. The minimum atomic E-state index is -0.448. The van der Waals surface area contributed by atoms with Crippen molar-refractivity contribution in [1.82, 2.24) is 9.58 Å². The molecule has 3 heterocycles. The standard InChI is InChI=1S/C26H24FN5OS/c1-3-16(4-2)25-30-32-23(28)20(24(33)29-26(32)34-25)13-18-15-31(22-12-8-6-10-19(18)22)14-17-9-5-7-11-21(17)27/h5-13,15-16,28H,3-4,14H2,1-2H3/b20-13-,28-23?. The number of aliphatic imine (C=N–C) groups is 1. The van der Waals surface area contributed by atoms with Gasteiger partial charge in [-0.15, -0.1) is 0 Å². The Bertz CT molecular complexity index is 1400. The van der Waals surface area contributed by atoms with Gasteiger partial charge in [0.05, 0.1) is 12.1 Å². The Morgan fingerprint density at radius 2 is 1.85 bits per heavy atom. The molecule has 2 aromatic carbocycles. The number of hydrazone groups is 1. The van der Waals surface area contributed by atoms with Gasteiger partial charge in [-0.05, 0) is 42.8 Å². The van der Waals surface area contributed by atoms with E-state index in [1.165, 1.54) is 22.8 Å². The summed E-state index contributed by atoms with van der Waals surface area (Å²) in [5.41, 5.74) is 2.46. The van der Waals surface area contributed by atoms with Crippen molar-refractivity contribution in [2.45, 2.75) is 33.2 Å². The summed E-state index contributed by atoms with van der Waals surface area (Å²) in [6, 6.07) is 14.5. The first-order valence-corrected chi connectivity index (χ1v) is 12.1. The Kier molecular flexibility index (Phi) is 5.91. The van der Waals surface area contributed by atoms with Gasteiger partial charge in [0, 0.05) is 34.1 Å². The highest BCUT2D eigenvalue weighted by Gasteiger charge is 2.37. The van der Waals surface area contributed by atoms with E-state index in [0.29, 0.717) is 17.3 Å². The third kappa shape index (κ3) is 3.88. The summed E-state index contributed by atoms with van der Waals surface area (Å²) >= 11 is 1.37. The lowest BCUT2D eigenvalue weighted by Gasteiger charge is -2.20. The summed E-state index contributed by atoms with van der Waals surface area (Å²) in [5.74, 6) is -0.404. The number of nitrogens with zero attached hydrogens (tertiary/aromatic N) is 4. The Morgan fingerprint density at radius 1 is 1.12 bits per heavy atom. The summed E-state index contributed by atoms with van der Waals surface area (Å²) in [7, 11) is 0. The van der Waals surface area contributed by atoms with Crippen molar-refractivity contribution in [3.63, 3.8) is 0 Å². The second kappa shape index (κ2) is 9.02. The average molecular weight is 474 g/mol. The molecule has 1 amide bonds. The number of carbonyl (C=O) groups is 1. The van der Waals surface area contributed by atoms with E-state index in [9.17, 15) is 9.18 Å². The number of aromatic nitrogens is 1. The number of amides is 1. The van der Waals surface area contributed by atoms with Gasteiger partial charge in [-0.1, -0.05) is 50.2 Å². The molecule has 0 saturated carbocycles. The molecule has 1 aromatic heterocycles. The van der Waals surface area contributed by atoms with Crippen LogP contribution < -0.4 is 0 Å². The fraction of sp³-hybridized carbons (Fsp3) is 0.231. The van der Waals surface area contributed by atoms with E-state index in [4.69, 9.17) is 5.41 Å². The second-order valence-electron chi connectivity index (χ2n) is 8.29. The predicted molar refractivity (Wildman–Crippen MR) is 137 cm³/mol. The van der Waals surface area contributed by atoms with E-state index in [-0.39, 0.29) is 23.1 Å². The molecule has 0 spiro atoms. The van der Waals surface area contributed by atoms with Gasteiger partial charge < -0.3 is 4.57 Å². The first-order valence-electron chi connectivity index (χ1n) is 11.3. The van der Waals surface area contributed by atoms with Crippen molar-refractivity contribution in [1.29, 1.82) is 5.41 Å². The van der Waals surface area contributed by atoms with Gasteiger partial charge in [-0.25, -0.2) is 4.39 Å². The highest BCUT2D eigenvalue weighted by molar-refractivity contribution is 8.27. The quantitative estimate of drug-likeness (QED) is 0.454. The van der Waals surface area contributed by atoms with Gasteiger partial charge in [-0.2, -0.15) is 15.1 Å². The number of amidine groups is 2. The number of fused-ring (bicyclic) bond motifs is 2. The molecule has 34 heavy (non-hydrogen) atoms. The van der Waals surface area contributed by atoms with Crippen LogP contribution in [0.5, 0.6) is 0 Å². The van der Waals surface area contributed by atoms with Crippen LogP contribution in [0.2, 0.25) is 0 Å². The Labute approximate surface area is 201 Å². The highest BCUT2D eigenvalue weighted by Crippen LogP contribution is 2.33.